The van der Waals surface area contributed by atoms with Gasteiger partial charge in [-0.1, -0.05) is 23.7 Å². The summed E-state index contributed by atoms with van der Waals surface area (Å²) in [7, 11) is 0. The second-order valence-corrected chi connectivity index (χ2v) is 8.30. The molecular weight excluding hydrogens is 354 g/mol. The number of carbonyl (C=O) groups is 1. The van der Waals surface area contributed by atoms with Gasteiger partial charge < -0.3 is 15.5 Å². The van der Waals surface area contributed by atoms with Gasteiger partial charge in [0.2, 0.25) is 5.91 Å². The van der Waals surface area contributed by atoms with E-state index in [9.17, 15) is 4.79 Å². The molecule has 0 radical (unpaired) electrons. The van der Waals surface area contributed by atoms with Crippen molar-refractivity contribution in [3.05, 3.63) is 29.3 Å². The van der Waals surface area contributed by atoms with E-state index in [0.29, 0.717) is 23.1 Å². The van der Waals surface area contributed by atoms with Crippen LogP contribution in [0.4, 0.5) is 5.69 Å². The molecule has 2 aliphatic heterocycles. The van der Waals surface area contributed by atoms with Crippen LogP contribution in [0.15, 0.2) is 24.3 Å². The standard InChI is InChI=1S/C19H24ClN3OS/c20-16-6-1-2-7-17(16)22-19(25)23-14-4-3-5-15(23)11-13(10-14)21-18(24)12-8-9-12/h1-2,6-7,12-15H,3-5,8-11H2,(H,21,24)(H,22,25)/t13?,14-,15+. The maximum Gasteiger partial charge on any atom is 0.223 e. The topological polar surface area (TPSA) is 44.4 Å². The van der Waals surface area contributed by atoms with Crippen LogP contribution in [-0.2, 0) is 4.79 Å². The SMILES string of the molecule is O=C(NC1C[C@H]2CCC[C@@H](C1)N2C(=S)Nc1ccccc1Cl)C1CC1. The van der Waals surface area contributed by atoms with Crippen molar-refractivity contribution in [3.8, 4) is 0 Å². The van der Waals surface area contributed by atoms with Crippen LogP contribution in [0.5, 0.6) is 0 Å². The summed E-state index contributed by atoms with van der Waals surface area (Å²) in [4.78, 5) is 14.5. The molecular formula is C19H24ClN3OS. The van der Waals surface area contributed by atoms with Crippen molar-refractivity contribution in [1.82, 2.24) is 10.2 Å². The van der Waals surface area contributed by atoms with Crippen molar-refractivity contribution in [2.75, 3.05) is 5.32 Å². The molecule has 0 spiro atoms. The fourth-order valence-electron chi connectivity index (χ4n) is 4.24. The second kappa shape index (κ2) is 7.12. The summed E-state index contributed by atoms with van der Waals surface area (Å²) in [6.07, 6.45) is 7.60. The van der Waals surface area contributed by atoms with Crippen molar-refractivity contribution in [1.29, 1.82) is 0 Å². The van der Waals surface area contributed by atoms with E-state index in [0.717, 1.165) is 49.3 Å². The fraction of sp³-hybridized carbons (Fsp3) is 0.579. The van der Waals surface area contributed by atoms with Gasteiger partial charge in [0.05, 0.1) is 10.7 Å². The number of nitrogens with one attached hydrogen (secondary N) is 2. The number of halogens is 1. The molecule has 2 saturated heterocycles. The molecule has 2 N–H and O–H groups in total. The average molecular weight is 378 g/mol. The number of thiocarbonyl (C=S) groups is 1. The first-order chi connectivity index (χ1) is 12.1. The molecule has 2 bridgehead atoms. The minimum absolute atomic E-state index is 0.258. The highest BCUT2D eigenvalue weighted by Crippen LogP contribution is 2.36. The van der Waals surface area contributed by atoms with Crippen LogP contribution in [0.25, 0.3) is 0 Å². The number of amides is 1. The molecule has 0 aromatic heterocycles. The number of para-hydroxylation sites is 1. The number of carbonyl (C=O) groups excluding carboxylic acids is 1. The summed E-state index contributed by atoms with van der Waals surface area (Å²) in [5.74, 6) is 0.536. The van der Waals surface area contributed by atoms with Crippen molar-refractivity contribution >= 4 is 40.5 Å². The van der Waals surface area contributed by atoms with Gasteiger partial charge in [-0.25, -0.2) is 0 Å². The molecule has 1 aliphatic carbocycles. The zero-order valence-electron chi connectivity index (χ0n) is 14.2. The van der Waals surface area contributed by atoms with Gasteiger partial charge in [-0.05, 0) is 69.3 Å². The molecule has 134 valence electrons. The van der Waals surface area contributed by atoms with Gasteiger partial charge >= 0.3 is 0 Å². The molecule has 3 aliphatic rings. The summed E-state index contributed by atoms with van der Waals surface area (Å²) in [5.41, 5.74) is 0.858. The molecule has 3 fully saturated rings. The van der Waals surface area contributed by atoms with Crippen LogP contribution in [0.3, 0.4) is 0 Å². The van der Waals surface area contributed by atoms with E-state index < -0.39 is 0 Å². The summed E-state index contributed by atoms with van der Waals surface area (Å²) >= 11 is 12.0. The zero-order chi connectivity index (χ0) is 17.4. The van der Waals surface area contributed by atoms with E-state index in [1.165, 1.54) is 6.42 Å². The zero-order valence-corrected chi connectivity index (χ0v) is 15.8. The van der Waals surface area contributed by atoms with Crippen molar-refractivity contribution in [3.63, 3.8) is 0 Å². The number of nitrogens with zero attached hydrogens (tertiary/aromatic N) is 1. The summed E-state index contributed by atoms with van der Waals surface area (Å²) in [6, 6.07) is 8.79. The van der Waals surface area contributed by atoms with E-state index in [-0.39, 0.29) is 11.8 Å². The lowest BCUT2D eigenvalue weighted by atomic mass is 9.82. The quantitative estimate of drug-likeness (QED) is 0.783. The Morgan fingerprint density at radius 1 is 1.12 bits per heavy atom. The third-order valence-electron chi connectivity index (χ3n) is 5.62. The Labute approximate surface area is 159 Å². The maximum atomic E-state index is 12.1. The molecule has 1 aromatic rings. The lowest BCUT2D eigenvalue weighted by Crippen LogP contribution is -2.59. The molecule has 6 heteroatoms. The van der Waals surface area contributed by atoms with Crippen LogP contribution in [0.2, 0.25) is 5.02 Å². The first-order valence-electron chi connectivity index (χ1n) is 9.26. The number of fused-ring (bicyclic) bond motifs is 2. The Morgan fingerprint density at radius 3 is 2.44 bits per heavy atom. The largest absolute Gasteiger partial charge is 0.353 e. The number of hydrogen-bond donors (Lipinski definition) is 2. The Morgan fingerprint density at radius 2 is 1.80 bits per heavy atom. The second-order valence-electron chi connectivity index (χ2n) is 7.51. The van der Waals surface area contributed by atoms with Crippen molar-refractivity contribution in [2.45, 2.75) is 63.1 Å². The normalized spacial score (nSPS) is 28.4. The highest BCUT2D eigenvalue weighted by molar-refractivity contribution is 7.80. The highest BCUT2D eigenvalue weighted by Gasteiger charge is 2.41. The van der Waals surface area contributed by atoms with Gasteiger partial charge in [-0.3, -0.25) is 4.79 Å². The average Bonchev–Trinajstić information content (AvgIpc) is 3.41. The van der Waals surface area contributed by atoms with Crippen LogP contribution >= 0.6 is 23.8 Å². The van der Waals surface area contributed by atoms with Crippen molar-refractivity contribution < 1.29 is 4.79 Å². The molecule has 3 atom stereocenters. The molecule has 1 amide bonds. The Balaban J connectivity index is 1.43. The summed E-state index contributed by atoms with van der Waals surface area (Å²) in [6.45, 7) is 0. The van der Waals surface area contributed by atoms with E-state index in [2.05, 4.69) is 15.5 Å². The molecule has 1 saturated carbocycles. The van der Waals surface area contributed by atoms with Gasteiger partial charge in [-0.15, -0.1) is 0 Å². The third kappa shape index (κ3) is 3.77. The first-order valence-corrected chi connectivity index (χ1v) is 10.0. The van der Waals surface area contributed by atoms with Gasteiger partial charge in [0.25, 0.3) is 0 Å². The predicted molar refractivity (Wildman–Crippen MR) is 105 cm³/mol. The number of benzene rings is 1. The molecule has 4 nitrogen and oxygen atoms in total. The lowest BCUT2D eigenvalue weighted by molar-refractivity contribution is -0.123. The lowest BCUT2D eigenvalue weighted by Gasteiger charge is -2.50. The van der Waals surface area contributed by atoms with Crippen LogP contribution in [-0.4, -0.2) is 34.0 Å². The van der Waals surface area contributed by atoms with Gasteiger partial charge in [0, 0.05) is 24.0 Å². The van der Waals surface area contributed by atoms with Gasteiger partial charge in [0.1, 0.15) is 0 Å². The number of anilines is 1. The van der Waals surface area contributed by atoms with Crippen LogP contribution in [0.1, 0.15) is 44.9 Å². The minimum atomic E-state index is 0.258. The number of piperidine rings is 2. The molecule has 4 rings (SSSR count). The van der Waals surface area contributed by atoms with Gasteiger partial charge in [0.15, 0.2) is 5.11 Å². The Hall–Kier alpha value is -1.33. The predicted octanol–water partition coefficient (Wildman–Crippen LogP) is 3.95. The fourth-order valence-corrected chi connectivity index (χ4v) is 4.83. The number of hydrogen-bond acceptors (Lipinski definition) is 2. The smallest absolute Gasteiger partial charge is 0.223 e. The molecule has 1 unspecified atom stereocenters. The van der Waals surface area contributed by atoms with E-state index in [1.807, 2.05) is 24.3 Å². The Bertz CT molecular complexity index is 664. The maximum absolute atomic E-state index is 12.1. The van der Waals surface area contributed by atoms with Crippen molar-refractivity contribution in [2.24, 2.45) is 5.92 Å². The molecule has 25 heavy (non-hydrogen) atoms. The highest BCUT2D eigenvalue weighted by atomic mass is 35.5. The monoisotopic (exact) mass is 377 g/mol. The van der Waals surface area contributed by atoms with E-state index in [1.54, 1.807) is 0 Å². The molecule has 1 aromatic carbocycles. The third-order valence-corrected chi connectivity index (χ3v) is 6.26. The first kappa shape index (κ1) is 17.1. The van der Waals surface area contributed by atoms with E-state index in [4.69, 9.17) is 23.8 Å². The van der Waals surface area contributed by atoms with E-state index >= 15 is 0 Å². The minimum Gasteiger partial charge on any atom is -0.353 e. The molecule has 2 heterocycles. The summed E-state index contributed by atoms with van der Waals surface area (Å²) in [5, 5.41) is 8.05. The van der Waals surface area contributed by atoms with Crippen LogP contribution in [0, 0.1) is 5.92 Å². The summed E-state index contributed by atoms with van der Waals surface area (Å²) < 4.78 is 0. The van der Waals surface area contributed by atoms with Crippen LogP contribution < -0.4 is 10.6 Å². The Kier molecular flexibility index (Phi) is 4.87. The van der Waals surface area contributed by atoms with Gasteiger partial charge in [-0.2, -0.15) is 0 Å². The number of rotatable bonds is 3.